The van der Waals surface area contributed by atoms with Gasteiger partial charge in [0.25, 0.3) is 11.5 Å². The van der Waals surface area contributed by atoms with Gasteiger partial charge in [-0.15, -0.1) is 0 Å². The third-order valence-electron chi connectivity index (χ3n) is 12.3. The Morgan fingerprint density at radius 2 is 1.71 bits per heavy atom. The van der Waals surface area contributed by atoms with E-state index < -0.39 is 0 Å². The molecule has 5 amide bonds. The second kappa shape index (κ2) is 23.8. The highest BCUT2D eigenvalue weighted by Crippen LogP contribution is 2.33. The molecule has 358 valence electrons. The minimum Gasteiger partial charge on any atom is -0.379 e. The van der Waals surface area contributed by atoms with Crippen LogP contribution < -0.4 is 31.7 Å². The number of hydrogen-bond donors (Lipinski definition) is 5. The largest absolute Gasteiger partial charge is 0.379 e. The maximum atomic E-state index is 13.9. The van der Waals surface area contributed by atoms with Crippen molar-refractivity contribution in [1.29, 1.82) is 0 Å². The molecule has 7 rings (SSSR count). The van der Waals surface area contributed by atoms with E-state index in [-0.39, 0.29) is 61.4 Å². The van der Waals surface area contributed by atoms with Crippen molar-refractivity contribution >= 4 is 52.2 Å². The van der Waals surface area contributed by atoms with Gasteiger partial charge < -0.3 is 45.5 Å². The molecule has 66 heavy (non-hydrogen) atoms. The van der Waals surface area contributed by atoms with Crippen molar-refractivity contribution in [1.82, 2.24) is 45.9 Å². The Bertz CT molecular complexity index is 2340. The highest BCUT2D eigenvalue weighted by atomic mass is 32.2. The lowest BCUT2D eigenvalue weighted by Crippen LogP contribution is -2.49. The number of fused-ring (bicyclic) bond motifs is 2. The molecule has 3 saturated heterocycles. The monoisotopic (exact) mass is 928 g/mol. The topological polar surface area (TPSA) is 205 Å². The summed E-state index contributed by atoms with van der Waals surface area (Å²) in [4.78, 5) is 75.2. The molecule has 0 spiro atoms. The Labute approximate surface area is 391 Å². The summed E-state index contributed by atoms with van der Waals surface area (Å²) < 4.78 is 13.2. The number of hydrogen-bond acceptors (Lipinski definition) is 11. The number of amides is 5. The van der Waals surface area contributed by atoms with E-state index in [9.17, 15) is 24.0 Å². The molecule has 3 aliphatic rings. The smallest absolute Gasteiger partial charge is 0.315 e. The summed E-state index contributed by atoms with van der Waals surface area (Å²) in [6, 6.07) is 10.3. The van der Waals surface area contributed by atoms with Gasteiger partial charge in [0.2, 0.25) is 11.8 Å². The van der Waals surface area contributed by atoms with E-state index in [1.807, 2.05) is 78.6 Å². The number of carbonyl (C=O) groups is 4. The van der Waals surface area contributed by atoms with Gasteiger partial charge >= 0.3 is 6.03 Å². The molecular formula is C48H68N10O7S. The predicted octanol–water partition coefficient (Wildman–Crippen LogP) is 5.11. The molecule has 0 aliphatic carbocycles. The van der Waals surface area contributed by atoms with Crippen molar-refractivity contribution in [2.24, 2.45) is 0 Å². The normalized spacial score (nSPS) is 18.0. The Balaban J connectivity index is 0.00000720. The molecular weight excluding hydrogens is 861 g/mol. The molecule has 3 atom stereocenters. The highest BCUT2D eigenvalue weighted by molar-refractivity contribution is 8.00. The van der Waals surface area contributed by atoms with Crippen molar-refractivity contribution < 1.29 is 28.7 Å². The first-order valence-corrected chi connectivity index (χ1v) is 24.1. The van der Waals surface area contributed by atoms with Gasteiger partial charge in [-0.1, -0.05) is 27.2 Å². The number of ether oxygens (including phenoxy) is 2. The second-order valence-electron chi connectivity index (χ2n) is 17.3. The minimum absolute atomic E-state index is 0. The zero-order valence-electron chi connectivity index (χ0n) is 38.1. The van der Waals surface area contributed by atoms with Gasteiger partial charge in [0.1, 0.15) is 5.82 Å². The number of urea groups is 1. The van der Waals surface area contributed by atoms with E-state index in [1.54, 1.807) is 6.20 Å². The first-order valence-electron chi connectivity index (χ1n) is 23.1. The van der Waals surface area contributed by atoms with E-state index in [1.165, 1.54) is 0 Å². The fourth-order valence-corrected chi connectivity index (χ4v) is 10.4. The summed E-state index contributed by atoms with van der Waals surface area (Å²) in [7, 11) is 0. The Kier molecular flexibility index (Phi) is 18.0. The molecule has 5 N–H and O–H groups in total. The number of unbranched alkanes of at least 4 members (excludes halogenated alkanes) is 1. The van der Waals surface area contributed by atoms with Crippen LogP contribution in [0.1, 0.15) is 99.9 Å². The van der Waals surface area contributed by atoms with Gasteiger partial charge in [0.15, 0.2) is 0 Å². The van der Waals surface area contributed by atoms with Crippen LogP contribution in [0.3, 0.4) is 0 Å². The first kappa shape index (κ1) is 50.0. The van der Waals surface area contributed by atoms with Crippen LogP contribution in [0.2, 0.25) is 0 Å². The molecule has 0 unspecified atom stereocenters. The predicted molar refractivity (Wildman–Crippen MR) is 259 cm³/mol. The maximum Gasteiger partial charge on any atom is 0.315 e. The van der Waals surface area contributed by atoms with Crippen LogP contribution in [0.5, 0.6) is 0 Å². The van der Waals surface area contributed by atoms with E-state index in [0.717, 1.165) is 77.0 Å². The number of nitrogens with zero attached hydrogens (tertiary/aromatic N) is 5. The minimum atomic E-state index is -0.286. The quantitative estimate of drug-likeness (QED) is 0.0518. The molecule has 0 radical (unpaired) electrons. The maximum absolute atomic E-state index is 13.9. The van der Waals surface area contributed by atoms with E-state index in [2.05, 4.69) is 43.2 Å². The number of benzene rings is 1. The fraction of sp³-hybridized carbons (Fsp3) is 0.562. The number of aromatic nitrogens is 4. The highest BCUT2D eigenvalue weighted by Gasteiger charge is 2.42. The Morgan fingerprint density at radius 1 is 0.924 bits per heavy atom. The average molecular weight is 929 g/mol. The number of anilines is 1. The first-order chi connectivity index (χ1) is 31.5. The second-order valence-corrected chi connectivity index (χ2v) is 18.6. The zero-order chi connectivity index (χ0) is 45.9. The van der Waals surface area contributed by atoms with E-state index in [0.29, 0.717) is 88.4 Å². The molecule has 0 bridgehead atoms. The third kappa shape index (κ3) is 12.7. The number of nitrogens with one attached hydrogen (secondary N) is 5. The lowest BCUT2D eigenvalue weighted by molar-refractivity contribution is -0.132. The molecule has 1 aromatic carbocycles. The van der Waals surface area contributed by atoms with E-state index >= 15 is 0 Å². The standard InChI is InChI=1S/C47H64N10O7S.CH4/c1-5-8-32-23-31(4)52-46(61)36(32)27-50-45(60)35-24-34(25-39-37(35)28-51-57(39)30(2)3)33-11-12-41(49-26-33)55-15-17-56(18-16-55)43(59)13-19-63-21-22-64-20-14-48-42(58)10-7-6-9-40-44-38(29-65-40)53-47(62)54-44;/h11-12,23-26,28,30,38,40,44H,5-10,13-22,27,29H2,1-4H3,(H,48,58)(H,50,60)(H,52,61)(H2,53,54,62);1H4/t38-,40-,44-;/m0./s1. The molecule has 18 heteroatoms. The SMILES string of the molecule is C.CCCc1cc(C)[nH]c(=O)c1CNC(=O)c1cc(-c2ccc(N3CCN(C(=O)CCOCCOCCNC(=O)CCCC[C@@H]4SC[C@@H]5NC(=O)N[C@@H]54)CC3)nc2)cc2c1cnn2C(C)C. The number of thioether (sulfide) groups is 1. The number of aryl methyl sites for hydroxylation is 2. The molecule has 0 saturated carbocycles. The number of rotatable bonds is 22. The molecule has 3 fully saturated rings. The summed E-state index contributed by atoms with van der Waals surface area (Å²) in [5.74, 6) is 1.53. The number of piperazine rings is 1. The van der Waals surface area contributed by atoms with Crippen LogP contribution in [0.15, 0.2) is 47.5 Å². The van der Waals surface area contributed by atoms with Gasteiger partial charge in [-0.2, -0.15) is 16.9 Å². The molecule has 4 aromatic rings. The lowest BCUT2D eigenvalue weighted by Gasteiger charge is -2.35. The van der Waals surface area contributed by atoms with Gasteiger partial charge in [0.05, 0.1) is 62.2 Å². The Morgan fingerprint density at radius 3 is 2.45 bits per heavy atom. The third-order valence-corrected chi connectivity index (χ3v) is 13.8. The lowest BCUT2D eigenvalue weighted by atomic mass is 10.00. The number of carbonyl (C=O) groups excluding carboxylic acids is 4. The zero-order valence-corrected chi connectivity index (χ0v) is 38.9. The van der Waals surface area contributed by atoms with Crippen molar-refractivity contribution in [3.63, 3.8) is 0 Å². The van der Waals surface area contributed by atoms with Crippen molar-refractivity contribution in [3.8, 4) is 11.1 Å². The van der Waals surface area contributed by atoms with Crippen LogP contribution in [-0.2, 0) is 32.0 Å². The molecule has 3 aromatic heterocycles. The van der Waals surface area contributed by atoms with Crippen LogP contribution >= 0.6 is 11.8 Å². The summed E-state index contributed by atoms with van der Waals surface area (Å²) in [5, 5.41) is 17.6. The van der Waals surface area contributed by atoms with Gasteiger partial charge in [-0.3, -0.25) is 23.9 Å². The van der Waals surface area contributed by atoms with Crippen molar-refractivity contribution in [2.45, 2.75) is 110 Å². The van der Waals surface area contributed by atoms with Crippen molar-refractivity contribution in [3.05, 3.63) is 75.5 Å². The molecule has 6 heterocycles. The summed E-state index contributed by atoms with van der Waals surface area (Å²) in [5.41, 5.74) is 5.11. The van der Waals surface area contributed by atoms with E-state index in [4.69, 9.17) is 14.5 Å². The molecule has 3 aliphatic heterocycles. The van der Waals surface area contributed by atoms with Gasteiger partial charge in [-0.25, -0.2) is 9.78 Å². The average Bonchev–Trinajstić information content (AvgIpc) is 4.01. The molecule has 17 nitrogen and oxygen atoms in total. The summed E-state index contributed by atoms with van der Waals surface area (Å²) in [6.07, 6.45) is 8.70. The van der Waals surface area contributed by atoms with Gasteiger partial charge in [-0.05, 0) is 81.5 Å². The summed E-state index contributed by atoms with van der Waals surface area (Å²) in [6.45, 7) is 12.5. The van der Waals surface area contributed by atoms with Crippen LogP contribution in [-0.4, -0.2) is 131 Å². The number of pyridine rings is 2. The van der Waals surface area contributed by atoms with Crippen molar-refractivity contribution in [2.75, 3.05) is 69.8 Å². The fourth-order valence-electron chi connectivity index (χ4n) is 8.84. The Hall–Kier alpha value is -5.46. The van der Waals surface area contributed by atoms with Crippen LogP contribution in [0.25, 0.3) is 22.0 Å². The van der Waals surface area contributed by atoms with Gasteiger partial charge in [0, 0.05) is 91.1 Å². The summed E-state index contributed by atoms with van der Waals surface area (Å²) >= 11 is 1.89. The van der Waals surface area contributed by atoms with Crippen LogP contribution in [0, 0.1) is 6.92 Å². The number of H-pyrrole nitrogens is 1. The number of aromatic amines is 1. The van der Waals surface area contributed by atoms with Crippen LogP contribution in [0.4, 0.5) is 10.6 Å².